The van der Waals surface area contributed by atoms with Crippen LogP contribution in [0.1, 0.15) is 18.9 Å². The Hall–Kier alpha value is -2.10. The van der Waals surface area contributed by atoms with Crippen molar-refractivity contribution >= 4 is 17.8 Å². The van der Waals surface area contributed by atoms with Crippen LogP contribution in [-0.4, -0.2) is 23.5 Å². The second kappa shape index (κ2) is 6.48. The van der Waals surface area contributed by atoms with Gasteiger partial charge in [-0.3, -0.25) is 9.59 Å². The van der Waals surface area contributed by atoms with Crippen molar-refractivity contribution in [2.45, 2.75) is 13.3 Å². The Labute approximate surface area is 99.5 Å². The van der Waals surface area contributed by atoms with Gasteiger partial charge in [-0.1, -0.05) is 18.2 Å². The molecule has 0 spiro atoms. The van der Waals surface area contributed by atoms with Crippen molar-refractivity contribution in [1.82, 2.24) is 0 Å². The average Bonchev–Trinajstić information content (AvgIpc) is 2.28. The molecular weight excluding hydrogens is 220 g/mol. The summed E-state index contributed by atoms with van der Waals surface area (Å²) in [6, 6.07) is 6.63. The van der Waals surface area contributed by atoms with E-state index in [0.29, 0.717) is 5.56 Å². The minimum Gasteiger partial charge on any atom is -0.507 e. The summed E-state index contributed by atoms with van der Waals surface area (Å²) in [5.74, 6) is -0.807. The third-order valence-electron chi connectivity index (χ3n) is 2.01. The zero-order valence-corrected chi connectivity index (χ0v) is 9.55. The second-order valence-corrected chi connectivity index (χ2v) is 3.34. The fourth-order valence-electron chi connectivity index (χ4n) is 1.22. The minimum atomic E-state index is -0.542. The van der Waals surface area contributed by atoms with Crippen molar-refractivity contribution in [2.24, 2.45) is 0 Å². The van der Waals surface area contributed by atoms with Crippen molar-refractivity contribution in [1.29, 1.82) is 0 Å². The molecule has 0 bridgehead atoms. The van der Waals surface area contributed by atoms with Crippen LogP contribution in [0.15, 0.2) is 30.3 Å². The molecule has 0 aromatic heterocycles. The number of benzene rings is 1. The number of aromatic hydroxyl groups is 1. The molecule has 1 aromatic carbocycles. The van der Waals surface area contributed by atoms with E-state index in [9.17, 15) is 14.7 Å². The first-order valence-corrected chi connectivity index (χ1v) is 5.28. The maximum Gasteiger partial charge on any atom is 0.313 e. The van der Waals surface area contributed by atoms with Crippen molar-refractivity contribution in [3.63, 3.8) is 0 Å². The fraction of sp³-hybridized carbons (Fsp3) is 0.231. The first kappa shape index (κ1) is 13.0. The van der Waals surface area contributed by atoms with Crippen molar-refractivity contribution in [2.75, 3.05) is 6.61 Å². The molecule has 0 atom stereocenters. The lowest BCUT2D eigenvalue weighted by Gasteiger charge is -1.98. The molecule has 0 amide bonds. The molecule has 0 saturated heterocycles. The third kappa shape index (κ3) is 4.51. The summed E-state index contributed by atoms with van der Waals surface area (Å²) in [6.45, 7) is 1.94. The average molecular weight is 234 g/mol. The SMILES string of the molecule is CCOC(=O)CC(=O)C=Cc1ccccc1O. The Kier molecular flexibility index (Phi) is 4.94. The summed E-state index contributed by atoms with van der Waals surface area (Å²) < 4.78 is 4.65. The predicted octanol–water partition coefficient (Wildman–Crippen LogP) is 1.93. The van der Waals surface area contributed by atoms with Gasteiger partial charge in [-0.05, 0) is 25.1 Å². The number of rotatable bonds is 5. The predicted molar refractivity (Wildman–Crippen MR) is 63.4 cm³/mol. The van der Waals surface area contributed by atoms with Crippen LogP contribution in [0.25, 0.3) is 6.08 Å². The van der Waals surface area contributed by atoms with Crippen LogP contribution in [0.2, 0.25) is 0 Å². The molecule has 0 aliphatic heterocycles. The lowest BCUT2D eigenvalue weighted by atomic mass is 10.1. The van der Waals surface area contributed by atoms with Crippen LogP contribution in [0.3, 0.4) is 0 Å². The number of carbonyl (C=O) groups excluding carboxylic acids is 2. The molecule has 17 heavy (non-hydrogen) atoms. The van der Waals surface area contributed by atoms with Gasteiger partial charge in [0.05, 0.1) is 6.61 Å². The van der Waals surface area contributed by atoms with E-state index in [0.717, 1.165) is 0 Å². The highest BCUT2D eigenvalue weighted by molar-refractivity contribution is 6.04. The number of esters is 1. The van der Waals surface area contributed by atoms with Gasteiger partial charge in [0.25, 0.3) is 0 Å². The molecule has 4 heteroatoms. The fourth-order valence-corrected chi connectivity index (χ4v) is 1.22. The van der Waals surface area contributed by atoms with Gasteiger partial charge in [-0.25, -0.2) is 0 Å². The summed E-state index contributed by atoms with van der Waals surface area (Å²) >= 11 is 0. The van der Waals surface area contributed by atoms with Crippen LogP contribution in [0.5, 0.6) is 5.75 Å². The molecule has 0 aliphatic carbocycles. The molecule has 1 N–H and O–H groups in total. The number of ether oxygens (including phenoxy) is 1. The van der Waals surface area contributed by atoms with E-state index in [-0.39, 0.29) is 24.6 Å². The quantitative estimate of drug-likeness (QED) is 0.480. The monoisotopic (exact) mass is 234 g/mol. The second-order valence-electron chi connectivity index (χ2n) is 3.34. The topological polar surface area (TPSA) is 63.6 Å². The number of ketones is 1. The number of hydrogen-bond donors (Lipinski definition) is 1. The standard InChI is InChI=1S/C13H14O4/c1-2-17-13(16)9-11(14)8-7-10-5-3-4-6-12(10)15/h3-8,15H,2,9H2,1H3. The van der Waals surface area contributed by atoms with Crippen LogP contribution in [-0.2, 0) is 14.3 Å². The maximum atomic E-state index is 11.3. The Balaban J connectivity index is 2.57. The molecule has 1 aromatic rings. The van der Waals surface area contributed by atoms with E-state index in [2.05, 4.69) is 4.74 Å². The molecule has 0 fully saturated rings. The highest BCUT2D eigenvalue weighted by Gasteiger charge is 2.07. The van der Waals surface area contributed by atoms with Gasteiger partial charge in [-0.15, -0.1) is 0 Å². The Bertz CT molecular complexity index is 435. The normalized spacial score (nSPS) is 10.4. The summed E-state index contributed by atoms with van der Waals surface area (Å²) in [4.78, 5) is 22.3. The Morgan fingerprint density at radius 3 is 2.71 bits per heavy atom. The number of hydrogen-bond acceptors (Lipinski definition) is 4. The zero-order valence-electron chi connectivity index (χ0n) is 9.55. The van der Waals surface area contributed by atoms with Gasteiger partial charge in [-0.2, -0.15) is 0 Å². The van der Waals surface area contributed by atoms with Gasteiger partial charge in [0.2, 0.25) is 0 Å². The summed E-state index contributed by atoms with van der Waals surface area (Å²) in [5, 5.41) is 9.44. The van der Waals surface area contributed by atoms with Gasteiger partial charge in [0.15, 0.2) is 5.78 Å². The molecule has 0 radical (unpaired) electrons. The molecule has 0 aliphatic rings. The summed E-state index contributed by atoms with van der Waals surface area (Å²) in [5.41, 5.74) is 0.532. The van der Waals surface area contributed by atoms with Crippen molar-refractivity contribution in [3.8, 4) is 5.75 Å². The van der Waals surface area contributed by atoms with E-state index in [1.54, 1.807) is 25.1 Å². The zero-order chi connectivity index (χ0) is 12.7. The van der Waals surface area contributed by atoms with Gasteiger partial charge in [0.1, 0.15) is 12.2 Å². The van der Waals surface area contributed by atoms with Crippen LogP contribution < -0.4 is 0 Å². The third-order valence-corrected chi connectivity index (χ3v) is 2.01. The van der Waals surface area contributed by atoms with Gasteiger partial charge in [0, 0.05) is 5.56 Å². The van der Waals surface area contributed by atoms with Gasteiger partial charge < -0.3 is 9.84 Å². The number of para-hydroxylation sites is 1. The molecule has 0 saturated carbocycles. The molecule has 0 unspecified atom stereocenters. The van der Waals surface area contributed by atoms with Gasteiger partial charge >= 0.3 is 5.97 Å². The molecule has 4 nitrogen and oxygen atoms in total. The smallest absolute Gasteiger partial charge is 0.313 e. The number of phenolic OH excluding ortho intramolecular Hbond substituents is 1. The van der Waals surface area contributed by atoms with Crippen LogP contribution in [0.4, 0.5) is 0 Å². The van der Waals surface area contributed by atoms with Crippen LogP contribution in [0, 0.1) is 0 Å². The Morgan fingerprint density at radius 1 is 1.35 bits per heavy atom. The molecule has 90 valence electrons. The van der Waals surface area contributed by atoms with Crippen molar-refractivity contribution < 1.29 is 19.4 Å². The number of allylic oxidation sites excluding steroid dienone is 1. The molecular formula is C13H14O4. The van der Waals surface area contributed by atoms with Crippen LogP contribution >= 0.6 is 0 Å². The maximum absolute atomic E-state index is 11.3. The highest BCUT2D eigenvalue weighted by atomic mass is 16.5. The van der Waals surface area contributed by atoms with E-state index in [4.69, 9.17) is 0 Å². The summed E-state index contributed by atoms with van der Waals surface area (Å²) in [7, 11) is 0. The molecule has 1 rings (SSSR count). The van der Waals surface area contributed by atoms with E-state index in [1.165, 1.54) is 18.2 Å². The number of carbonyl (C=O) groups is 2. The lowest BCUT2D eigenvalue weighted by Crippen LogP contribution is -2.08. The van der Waals surface area contributed by atoms with E-state index >= 15 is 0 Å². The Morgan fingerprint density at radius 2 is 2.06 bits per heavy atom. The van der Waals surface area contributed by atoms with Crippen molar-refractivity contribution in [3.05, 3.63) is 35.9 Å². The van der Waals surface area contributed by atoms with E-state index in [1.807, 2.05) is 0 Å². The first-order valence-electron chi connectivity index (χ1n) is 5.28. The largest absolute Gasteiger partial charge is 0.507 e. The lowest BCUT2D eigenvalue weighted by molar-refractivity contribution is -0.144. The summed E-state index contributed by atoms with van der Waals surface area (Å²) in [6.07, 6.45) is 2.45. The first-order chi connectivity index (χ1) is 8.13. The van der Waals surface area contributed by atoms with E-state index < -0.39 is 5.97 Å². The minimum absolute atomic E-state index is 0.0904. The molecule has 0 heterocycles. The number of phenols is 1. The highest BCUT2D eigenvalue weighted by Crippen LogP contribution is 2.16.